The van der Waals surface area contributed by atoms with Gasteiger partial charge in [-0.2, -0.15) is 0 Å². The third-order valence-corrected chi connectivity index (χ3v) is 0. The van der Waals surface area contributed by atoms with Crippen LogP contribution in [-0.2, 0) is 20.8 Å². The normalized spacial score (nSPS) is 9.67. The molecule has 0 saturated carbocycles. The zero-order valence-corrected chi connectivity index (χ0v) is 12.4. The zero-order chi connectivity index (χ0) is 9.00. The molecule has 0 spiro atoms. The Morgan fingerprint density at radius 1 is 0.583 bits per heavy atom. The van der Waals surface area contributed by atoms with Gasteiger partial charge in [-0.3, -0.25) is 16.8 Å². The van der Waals surface area contributed by atoms with Gasteiger partial charge < -0.3 is 18.2 Å². The average molecular weight is 430 g/mol. The van der Waals surface area contributed by atoms with Gasteiger partial charge in [0.15, 0.2) is 0 Å². The fourth-order valence-corrected chi connectivity index (χ4v) is 0. The first-order valence-corrected chi connectivity index (χ1v) is 4.00. The molecule has 0 aromatic carbocycles. The minimum Gasteiger partial charge on any atom is -0.759 e. The molecule has 12 heteroatoms. The van der Waals surface area contributed by atoms with Crippen LogP contribution in [0.15, 0.2) is 0 Å². The van der Waals surface area contributed by atoms with Crippen molar-refractivity contribution in [3.8, 4) is 0 Å². The first-order valence-electron chi connectivity index (χ1n) is 1.33. The van der Waals surface area contributed by atoms with E-state index in [0.717, 1.165) is 0 Å². The number of hydrogen-bond donors (Lipinski definition) is 0. The molecule has 0 aromatic heterocycles. The van der Waals surface area contributed by atoms with Crippen molar-refractivity contribution in [1.29, 1.82) is 0 Å². The SMILES string of the molecule is O=S(=O)([O-])[O-].O=S(=O)([O-])[O-].[Sn+2].[Sn+2]. The van der Waals surface area contributed by atoms with Crippen molar-refractivity contribution in [2.24, 2.45) is 0 Å². The predicted molar refractivity (Wildman–Crippen MR) is 32.5 cm³/mol. The van der Waals surface area contributed by atoms with Crippen LogP contribution in [0, 0.1) is 0 Å². The molecule has 0 amide bonds. The predicted octanol–water partition coefficient (Wildman–Crippen LogP) is -3.44. The molecular formula is O8S2Sn2. The molecule has 8 nitrogen and oxygen atoms in total. The third kappa shape index (κ3) is 677. The van der Waals surface area contributed by atoms with Crippen LogP contribution >= 0.6 is 0 Å². The molecule has 0 atom stereocenters. The van der Waals surface area contributed by atoms with Gasteiger partial charge in [0.05, 0.1) is 0 Å². The first-order chi connectivity index (χ1) is 4.00. The van der Waals surface area contributed by atoms with Crippen molar-refractivity contribution < 1.29 is 35.0 Å². The van der Waals surface area contributed by atoms with Crippen molar-refractivity contribution >= 4 is 68.6 Å². The topological polar surface area (TPSA) is 161 Å². The van der Waals surface area contributed by atoms with E-state index in [1.54, 1.807) is 0 Å². The Morgan fingerprint density at radius 3 is 0.583 bits per heavy atom. The van der Waals surface area contributed by atoms with Gasteiger partial charge in [-0.15, -0.1) is 0 Å². The van der Waals surface area contributed by atoms with E-state index in [-0.39, 0.29) is 47.8 Å². The molecule has 68 valence electrons. The summed E-state index contributed by atoms with van der Waals surface area (Å²) in [6.45, 7) is 0. The smallest absolute Gasteiger partial charge is 0.759 e. The van der Waals surface area contributed by atoms with Crippen LogP contribution in [0.4, 0.5) is 0 Å². The second kappa shape index (κ2) is 8.91. The first kappa shape index (κ1) is 23.3. The molecule has 0 aliphatic heterocycles. The van der Waals surface area contributed by atoms with Crippen LogP contribution in [0.2, 0.25) is 0 Å². The van der Waals surface area contributed by atoms with Crippen LogP contribution in [-0.4, -0.2) is 82.9 Å². The Kier molecular flexibility index (Phi) is 17.3. The van der Waals surface area contributed by atoms with Crippen LogP contribution < -0.4 is 0 Å². The molecule has 0 heterocycles. The summed E-state index contributed by atoms with van der Waals surface area (Å²) >= 11 is 0. The van der Waals surface area contributed by atoms with Gasteiger partial charge >= 0.3 is 47.8 Å². The Morgan fingerprint density at radius 2 is 0.583 bits per heavy atom. The molecule has 0 aromatic rings. The largest absolute Gasteiger partial charge is 2.00 e. The Labute approximate surface area is 103 Å². The van der Waals surface area contributed by atoms with Gasteiger partial charge in [-0.1, -0.05) is 0 Å². The molecule has 0 aliphatic rings. The molecular weight excluding hydrogens is 430 g/mol. The van der Waals surface area contributed by atoms with Gasteiger partial charge in [0.25, 0.3) is 0 Å². The van der Waals surface area contributed by atoms with E-state index >= 15 is 0 Å². The van der Waals surface area contributed by atoms with E-state index in [1.807, 2.05) is 0 Å². The van der Waals surface area contributed by atoms with Crippen LogP contribution in [0.5, 0.6) is 0 Å². The van der Waals surface area contributed by atoms with E-state index in [2.05, 4.69) is 0 Å². The molecule has 0 N–H and O–H groups in total. The summed E-state index contributed by atoms with van der Waals surface area (Å²) < 4.78 is 68.2. The van der Waals surface area contributed by atoms with E-state index in [0.29, 0.717) is 0 Å². The molecule has 4 radical (unpaired) electrons. The Bertz CT molecular complexity index is 211. The third-order valence-electron chi connectivity index (χ3n) is 0. The van der Waals surface area contributed by atoms with E-state index in [9.17, 15) is 0 Å². The second-order valence-electron chi connectivity index (χ2n) is 0.816. The number of rotatable bonds is 0. The van der Waals surface area contributed by atoms with Crippen LogP contribution in [0.25, 0.3) is 0 Å². The van der Waals surface area contributed by atoms with E-state index < -0.39 is 20.8 Å². The fourth-order valence-electron chi connectivity index (χ4n) is 0. The van der Waals surface area contributed by atoms with Gasteiger partial charge in [-0.25, -0.2) is 0 Å². The summed E-state index contributed by atoms with van der Waals surface area (Å²) in [6.07, 6.45) is 0. The summed E-state index contributed by atoms with van der Waals surface area (Å²) in [5, 5.41) is 0. The maximum absolute atomic E-state index is 8.52. The minimum absolute atomic E-state index is 0. The zero-order valence-electron chi connectivity index (χ0n) is 5.08. The summed E-state index contributed by atoms with van der Waals surface area (Å²) in [5.74, 6) is 0. The maximum Gasteiger partial charge on any atom is 2.00 e. The van der Waals surface area contributed by atoms with Crippen LogP contribution in [0.3, 0.4) is 0 Å². The Hall–Kier alpha value is 1.34. The summed E-state index contributed by atoms with van der Waals surface area (Å²) in [6, 6.07) is 0. The minimum atomic E-state index is -5.17. The molecule has 0 rings (SSSR count). The van der Waals surface area contributed by atoms with Crippen LogP contribution in [0.1, 0.15) is 0 Å². The van der Waals surface area contributed by atoms with E-state index in [1.165, 1.54) is 0 Å². The van der Waals surface area contributed by atoms with Crippen molar-refractivity contribution in [3.05, 3.63) is 0 Å². The van der Waals surface area contributed by atoms with Gasteiger partial charge in [0.2, 0.25) is 0 Å². The van der Waals surface area contributed by atoms with Gasteiger partial charge in [0, 0.05) is 20.8 Å². The summed E-state index contributed by atoms with van der Waals surface area (Å²) in [4.78, 5) is 0. The van der Waals surface area contributed by atoms with Crippen molar-refractivity contribution in [3.63, 3.8) is 0 Å². The van der Waals surface area contributed by atoms with Gasteiger partial charge in [-0.05, 0) is 0 Å². The van der Waals surface area contributed by atoms with Crippen molar-refractivity contribution in [2.45, 2.75) is 0 Å². The quantitative estimate of drug-likeness (QED) is 0.218. The molecule has 0 fully saturated rings. The fraction of sp³-hybridized carbons (Fsp3) is 0. The average Bonchev–Trinajstić information content (AvgIpc) is 1.12. The Balaban J connectivity index is -0.0000000457. The number of hydrogen-bond acceptors (Lipinski definition) is 8. The molecule has 0 aliphatic carbocycles. The van der Waals surface area contributed by atoms with Gasteiger partial charge in [0.1, 0.15) is 0 Å². The summed E-state index contributed by atoms with van der Waals surface area (Å²) in [5.41, 5.74) is 0. The molecule has 0 unspecified atom stereocenters. The molecule has 0 bridgehead atoms. The van der Waals surface area contributed by atoms with E-state index in [4.69, 9.17) is 35.0 Å². The molecule has 12 heavy (non-hydrogen) atoms. The second-order valence-corrected chi connectivity index (χ2v) is 2.45. The van der Waals surface area contributed by atoms with Crippen molar-refractivity contribution in [2.75, 3.05) is 0 Å². The van der Waals surface area contributed by atoms with Crippen molar-refractivity contribution in [1.82, 2.24) is 0 Å². The monoisotopic (exact) mass is 432 g/mol. The standard InChI is InChI=1S/2H2O4S.2Sn/c2*1-5(2,3)4;;/h2*(H2,1,2,3,4);;/q;;2*+2/p-4. The summed E-state index contributed by atoms with van der Waals surface area (Å²) in [7, 11) is -10.3. The maximum atomic E-state index is 8.52. The molecule has 0 saturated heterocycles.